The van der Waals surface area contributed by atoms with Gasteiger partial charge in [-0.1, -0.05) is 188 Å². The molecule has 1 aliphatic rings. The summed E-state index contributed by atoms with van der Waals surface area (Å²) in [6, 6.07) is 90.0. The van der Waals surface area contributed by atoms with Crippen molar-refractivity contribution in [3.8, 4) is 33.4 Å². The zero-order valence-electron chi connectivity index (χ0n) is 35.6. The predicted octanol–water partition coefficient (Wildman–Crippen LogP) is 17.2. The van der Waals surface area contributed by atoms with E-state index in [0.29, 0.717) is 0 Å². The summed E-state index contributed by atoms with van der Waals surface area (Å²) in [7, 11) is 0. The number of allylic oxidation sites excluding steroid dienone is 1. The molecule has 0 aliphatic heterocycles. The van der Waals surface area contributed by atoms with E-state index in [1.54, 1.807) is 0 Å². The second-order valence-electron chi connectivity index (χ2n) is 16.4. The molecule has 0 saturated heterocycles. The molecule has 2 nitrogen and oxygen atoms in total. The van der Waals surface area contributed by atoms with Crippen LogP contribution >= 0.6 is 0 Å². The van der Waals surface area contributed by atoms with Crippen molar-refractivity contribution < 1.29 is 0 Å². The molecule has 0 aromatic heterocycles. The first-order valence-electron chi connectivity index (χ1n) is 22.2. The van der Waals surface area contributed by atoms with Crippen molar-refractivity contribution in [2.45, 2.75) is 12.8 Å². The van der Waals surface area contributed by atoms with Gasteiger partial charge >= 0.3 is 0 Å². The van der Waals surface area contributed by atoms with Gasteiger partial charge in [0, 0.05) is 34.0 Å². The number of para-hydroxylation sites is 3. The monoisotopic (exact) mass is 818 g/mol. The van der Waals surface area contributed by atoms with E-state index in [2.05, 4.69) is 265 Å². The largest absolute Gasteiger partial charge is 0.311 e. The number of aryl methyl sites for hydroxylation is 1. The van der Waals surface area contributed by atoms with Crippen LogP contribution in [0.25, 0.3) is 49.7 Å². The summed E-state index contributed by atoms with van der Waals surface area (Å²) in [4.78, 5) is 4.71. The van der Waals surface area contributed by atoms with Crippen LogP contribution in [0.4, 0.5) is 34.1 Å². The molecular weight excluding hydrogens is 773 g/mol. The average Bonchev–Trinajstić information content (AvgIpc) is 3.38. The van der Waals surface area contributed by atoms with Crippen LogP contribution < -0.4 is 9.80 Å². The number of nitrogens with zero attached hydrogens (tertiary/aromatic N) is 2. The topological polar surface area (TPSA) is 6.48 Å². The minimum atomic E-state index is 1.07. The molecule has 64 heavy (non-hydrogen) atoms. The van der Waals surface area contributed by atoms with E-state index in [0.717, 1.165) is 47.0 Å². The van der Waals surface area contributed by atoms with Crippen molar-refractivity contribution in [2.75, 3.05) is 9.80 Å². The molecule has 0 saturated carbocycles. The molecule has 1 aliphatic carbocycles. The number of benzene rings is 10. The molecule has 0 radical (unpaired) electrons. The zero-order valence-corrected chi connectivity index (χ0v) is 35.6. The fraction of sp³-hybridized carbons (Fsp3) is 0.0323. The van der Waals surface area contributed by atoms with Gasteiger partial charge in [0.2, 0.25) is 0 Å². The van der Waals surface area contributed by atoms with Crippen LogP contribution in [0.5, 0.6) is 0 Å². The van der Waals surface area contributed by atoms with Crippen molar-refractivity contribution in [1.29, 1.82) is 0 Å². The molecule has 10 aromatic carbocycles. The average molecular weight is 819 g/mol. The van der Waals surface area contributed by atoms with Gasteiger partial charge < -0.3 is 9.80 Å². The summed E-state index contributed by atoms with van der Waals surface area (Å²) in [5, 5.41) is 2.52. The van der Waals surface area contributed by atoms with E-state index in [4.69, 9.17) is 0 Å². The van der Waals surface area contributed by atoms with Gasteiger partial charge in [-0.15, -0.1) is 0 Å². The smallest absolute Gasteiger partial charge is 0.0540 e. The third-order valence-corrected chi connectivity index (χ3v) is 12.6. The van der Waals surface area contributed by atoms with E-state index in [-0.39, 0.29) is 0 Å². The van der Waals surface area contributed by atoms with Gasteiger partial charge in [-0.2, -0.15) is 0 Å². The van der Waals surface area contributed by atoms with Crippen LogP contribution in [0.3, 0.4) is 0 Å². The van der Waals surface area contributed by atoms with Crippen molar-refractivity contribution in [3.05, 3.63) is 271 Å². The van der Waals surface area contributed by atoms with Gasteiger partial charge in [-0.25, -0.2) is 0 Å². The maximum Gasteiger partial charge on any atom is 0.0540 e. The first-order valence-corrected chi connectivity index (χ1v) is 22.2. The normalized spacial score (nSPS) is 12.0. The number of anilines is 6. The highest BCUT2D eigenvalue weighted by Gasteiger charge is 2.19. The number of hydrogen-bond donors (Lipinski definition) is 0. The molecule has 0 heterocycles. The Labute approximate surface area is 376 Å². The Balaban J connectivity index is 0.882. The lowest BCUT2D eigenvalue weighted by Gasteiger charge is -2.28. The van der Waals surface area contributed by atoms with E-state index < -0.39 is 0 Å². The SMILES string of the molecule is C1=C(c2ccc(N(c3ccccc3)c3ccccc3-c3ccc(-c4ccc(N(c5ccccc5)c5ccc(-c6cccc7ccccc67)cc5)cc4)cc3)cc2)c2ccccc2CC1. The second-order valence-corrected chi connectivity index (χ2v) is 16.4. The Bertz CT molecular complexity index is 3220. The first kappa shape index (κ1) is 38.7. The van der Waals surface area contributed by atoms with Gasteiger partial charge in [0.15, 0.2) is 0 Å². The van der Waals surface area contributed by atoms with Gasteiger partial charge in [-0.3, -0.25) is 0 Å². The molecule has 0 unspecified atom stereocenters. The fourth-order valence-electron chi connectivity index (χ4n) is 9.40. The van der Waals surface area contributed by atoms with Crippen LogP contribution in [0.1, 0.15) is 23.1 Å². The molecule has 10 aromatic rings. The lowest BCUT2D eigenvalue weighted by atomic mass is 9.87. The van der Waals surface area contributed by atoms with E-state index in [9.17, 15) is 0 Å². The van der Waals surface area contributed by atoms with Gasteiger partial charge in [0.1, 0.15) is 0 Å². The molecule has 0 N–H and O–H groups in total. The maximum atomic E-state index is 2.40. The van der Waals surface area contributed by atoms with Gasteiger partial charge in [0.25, 0.3) is 0 Å². The Morgan fingerprint density at radius 1 is 0.281 bits per heavy atom. The zero-order chi connectivity index (χ0) is 42.7. The quantitative estimate of drug-likeness (QED) is 0.136. The minimum Gasteiger partial charge on any atom is -0.311 e. The Kier molecular flexibility index (Phi) is 10.5. The molecule has 0 spiro atoms. The summed E-state index contributed by atoms with van der Waals surface area (Å²) < 4.78 is 0. The first-order chi connectivity index (χ1) is 31.7. The van der Waals surface area contributed by atoms with Crippen LogP contribution in [0.2, 0.25) is 0 Å². The Morgan fingerprint density at radius 2 is 0.719 bits per heavy atom. The Morgan fingerprint density at radius 3 is 1.41 bits per heavy atom. The predicted molar refractivity (Wildman–Crippen MR) is 271 cm³/mol. The number of fused-ring (bicyclic) bond motifs is 2. The van der Waals surface area contributed by atoms with E-state index >= 15 is 0 Å². The van der Waals surface area contributed by atoms with Crippen molar-refractivity contribution in [3.63, 3.8) is 0 Å². The lowest BCUT2D eigenvalue weighted by Crippen LogP contribution is -2.11. The van der Waals surface area contributed by atoms with Gasteiger partial charge in [-0.05, 0) is 140 Å². The molecule has 0 amide bonds. The molecule has 0 fully saturated rings. The van der Waals surface area contributed by atoms with Gasteiger partial charge in [0.05, 0.1) is 5.69 Å². The fourth-order valence-corrected chi connectivity index (χ4v) is 9.40. The summed E-state index contributed by atoms with van der Waals surface area (Å²) in [5.41, 5.74) is 19.2. The molecule has 0 bridgehead atoms. The minimum absolute atomic E-state index is 1.07. The molecular formula is C62H46N2. The number of rotatable bonds is 10. The van der Waals surface area contributed by atoms with Crippen molar-refractivity contribution >= 4 is 50.5 Å². The third kappa shape index (κ3) is 7.57. The lowest BCUT2D eigenvalue weighted by molar-refractivity contribution is 0.978. The highest BCUT2D eigenvalue weighted by Crippen LogP contribution is 2.43. The van der Waals surface area contributed by atoms with Crippen LogP contribution in [0.15, 0.2) is 255 Å². The van der Waals surface area contributed by atoms with Crippen molar-refractivity contribution in [2.24, 2.45) is 0 Å². The second kappa shape index (κ2) is 17.3. The standard InChI is InChI=1S/C62H46N2/c1-3-19-52(20-4-1)63(55-41-35-49(36-42-55)59-26-13-17-47-15-7-9-23-57(47)59)54-39-33-46(34-40-54)45-29-31-51(32-30-45)61-25-11-12-28-62(61)64(53-21-5-2-6-22-53)56-43-37-50(38-44-56)60-27-14-18-48-16-8-10-24-58(48)60/h1-13,15-17,19-44H,14,18H2. The molecule has 0 atom stereocenters. The van der Waals surface area contributed by atoms with Crippen molar-refractivity contribution in [1.82, 2.24) is 0 Å². The highest BCUT2D eigenvalue weighted by molar-refractivity contribution is 5.97. The van der Waals surface area contributed by atoms with Crippen LogP contribution in [-0.4, -0.2) is 0 Å². The summed E-state index contributed by atoms with van der Waals surface area (Å²) in [6.07, 6.45) is 4.56. The van der Waals surface area contributed by atoms with E-state index in [1.165, 1.54) is 66.4 Å². The third-order valence-electron chi connectivity index (χ3n) is 12.6. The number of hydrogen-bond acceptors (Lipinski definition) is 2. The highest BCUT2D eigenvalue weighted by atomic mass is 15.1. The van der Waals surface area contributed by atoms with Crippen LogP contribution in [0, 0.1) is 0 Å². The molecule has 2 heteroatoms. The molecule has 11 rings (SSSR count). The summed E-state index contributed by atoms with van der Waals surface area (Å²) >= 11 is 0. The summed E-state index contributed by atoms with van der Waals surface area (Å²) in [5.74, 6) is 0. The summed E-state index contributed by atoms with van der Waals surface area (Å²) in [6.45, 7) is 0. The molecule has 304 valence electrons. The van der Waals surface area contributed by atoms with E-state index in [1.807, 2.05) is 0 Å². The maximum absolute atomic E-state index is 2.40. The van der Waals surface area contributed by atoms with Crippen LogP contribution in [-0.2, 0) is 6.42 Å². The Hall–Kier alpha value is -8.20.